The van der Waals surface area contributed by atoms with E-state index in [1.165, 1.54) is 6.92 Å². The molecule has 3 aliphatic rings. The summed E-state index contributed by atoms with van der Waals surface area (Å²) in [7, 11) is 4.72. The molecule has 2 N–H and O–H groups in total. The fourth-order valence-corrected chi connectivity index (χ4v) is 7.91. The van der Waals surface area contributed by atoms with Crippen molar-refractivity contribution in [3.8, 4) is 28.4 Å². The summed E-state index contributed by atoms with van der Waals surface area (Å²) in [5, 5.41) is 6.35. The molecule has 1 saturated heterocycles. The third-order valence-electron chi connectivity index (χ3n) is 10.1. The van der Waals surface area contributed by atoms with E-state index < -0.39 is 0 Å². The van der Waals surface area contributed by atoms with Crippen LogP contribution in [0.15, 0.2) is 52.1 Å². The van der Waals surface area contributed by atoms with E-state index in [1.54, 1.807) is 39.5 Å². The molecule has 260 valence electrons. The van der Waals surface area contributed by atoms with Crippen molar-refractivity contribution in [1.29, 1.82) is 0 Å². The Bertz CT molecular complexity index is 1860. The molecule has 0 spiro atoms. The highest BCUT2D eigenvalue weighted by Crippen LogP contribution is 2.50. The number of anilines is 1. The van der Waals surface area contributed by atoms with Crippen LogP contribution in [0.5, 0.6) is 17.2 Å². The third kappa shape index (κ3) is 7.02. The van der Waals surface area contributed by atoms with E-state index in [4.69, 9.17) is 14.2 Å². The molecule has 11 heteroatoms. The molecule has 3 atom stereocenters. The standard InChI is InChI=1S/C38H46N4O7/c1-23(43)40-29-14-12-25-18-33(47-2)37(48-3)38(49-4)36(25)27-13-15-30(32(44)19-28(27)29)39-16-7-5-6-10-34(45)41-20-24-17-26(22-41)31-9-8-11-35(46)42(31)21-24/h8-9,11,13,15,18-19,24,26,29H,5-7,10,12,14,16-17,20-22H2,1-4H3,(H,39,44)(H,40,43). The van der Waals surface area contributed by atoms with Crippen LogP contribution in [-0.4, -0.2) is 62.2 Å². The van der Waals surface area contributed by atoms with Gasteiger partial charge in [-0.2, -0.15) is 0 Å². The van der Waals surface area contributed by atoms with Gasteiger partial charge in [0.1, 0.15) is 0 Å². The van der Waals surface area contributed by atoms with Crippen molar-refractivity contribution in [2.45, 2.75) is 70.4 Å². The second-order valence-corrected chi connectivity index (χ2v) is 13.3. The maximum Gasteiger partial charge on any atom is 0.250 e. The number of unbranched alkanes of at least 4 members (excludes halogenated alkanes) is 2. The monoisotopic (exact) mass is 670 g/mol. The molecule has 0 radical (unpaired) electrons. The SMILES string of the molecule is COc1cc2c(c(OC)c1OC)-c1ccc(NCCCCCC(=O)N3CC4CC(C3)c3cccc(=O)n3C4)c(=O)cc1C(NC(C)=O)CC2. The van der Waals surface area contributed by atoms with Gasteiger partial charge in [0.05, 0.1) is 33.1 Å². The van der Waals surface area contributed by atoms with Gasteiger partial charge in [0.15, 0.2) is 11.5 Å². The Balaban J connectivity index is 1.11. The Hall–Kier alpha value is -4.80. The number of pyridine rings is 1. The van der Waals surface area contributed by atoms with Crippen molar-refractivity contribution in [3.05, 3.63) is 79.9 Å². The number of aryl methyl sites for hydroxylation is 1. The number of ether oxygens (including phenoxy) is 3. The number of amides is 2. The summed E-state index contributed by atoms with van der Waals surface area (Å²) in [6.45, 7) is 4.11. The van der Waals surface area contributed by atoms with Crippen LogP contribution in [0.1, 0.15) is 74.2 Å². The van der Waals surface area contributed by atoms with Crippen molar-refractivity contribution in [2.24, 2.45) is 5.92 Å². The summed E-state index contributed by atoms with van der Waals surface area (Å²) >= 11 is 0. The Labute approximate surface area is 286 Å². The fraction of sp³-hybridized carbons (Fsp3) is 0.474. The van der Waals surface area contributed by atoms with Gasteiger partial charge in [0, 0.05) is 62.8 Å². The van der Waals surface area contributed by atoms with E-state index in [1.807, 2.05) is 33.7 Å². The highest BCUT2D eigenvalue weighted by atomic mass is 16.5. The molecule has 1 aromatic heterocycles. The van der Waals surface area contributed by atoms with E-state index >= 15 is 0 Å². The molecule has 3 heterocycles. The van der Waals surface area contributed by atoms with Gasteiger partial charge in [-0.15, -0.1) is 0 Å². The van der Waals surface area contributed by atoms with Crippen LogP contribution in [0.25, 0.3) is 11.1 Å². The van der Waals surface area contributed by atoms with Crippen LogP contribution in [-0.2, 0) is 22.6 Å². The third-order valence-corrected chi connectivity index (χ3v) is 10.1. The highest BCUT2D eigenvalue weighted by Gasteiger charge is 2.36. The number of hydrogen-bond donors (Lipinski definition) is 2. The summed E-state index contributed by atoms with van der Waals surface area (Å²) in [6.07, 6.45) is 5.15. The zero-order valence-corrected chi connectivity index (χ0v) is 28.8. The Morgan fingerprint density at radius 3 is 2.49 bits per heavy atom. The number of fused-ring (bicyclic) bond motifs is 7. The minimum absolute atomic E-state index is 0.0467. The first kappa shape index (κ1) is 34.1. The molecule has 1 fully saturated rings. The van der Waals surface area contributed by atoms with Gasteiger partial charge in [-0.3, -0.25) is 19.2 Å². The van der Waals surface area contributed by atoms with Gasteiger partial charge in [0.25, 0.3) is 5.56 Å². The number of rotatable bonds is 11. The smallest absolute Gasteiger partial charge is 0.250 e. The van der Waals surface area contributed by atoms with Crippen molar-refractivity contribution >= 4 is 17.5 Å². The van der Waals surface area contributed by atoms with Crippen LogP contribution in [0, 0.1) is 5.92 Å². The maximum absolute atomic E-state index is 13.6. The lowest BCUT2D eigenvalue weighted by Gasteiger charge is -2.42. The van der Waals surface area contributed by atoms with Crippen molar-refractivity contribution < 1.29 is 23.8 Å². The summed E-state index contributed by atoms with van der Waals surface area (Å²) < 4.78 is 19.0. The van der Waals surface area contributed by atoms with Gasteiger partial charge in [0.2, 0.25) is 23.0 Å². The number of nitrogens with one attached hydrogen (secondary N) is 2. The van der Waals surface area contributed by atoms with Gasteiger partial charge in [-0.1, -0.05) is 18.6 Å². The number of aromatic nitrogens is 1. The van der Waals surface area contributed by atoms with E-state index in [0.717, 1.165) is 48.1 Å². The first-order chi connectivity index (χ1) is 23.7. The van der Waals surface area contributed by atoms with Crippen LogP contribution in [0.3, 0.4) is 0 Å². The topological polar surface area (TPSA) is 128 Å². The first-order valence-electron chi connectivity index (χ1n) is 17.2. The van der Waals surface area contributed by atoms with Gasteiger partial charge < -0.3 is 34.3 Å². The molecule has 49 heavy (non-hydrogen) atoms. The number of methoxy groups -OCH3 is 3. The Morgan fingerprint density at radius 1 is 0.918 bits per heavy atom. The van der Waals surface area contributed by atoms with Gasteiger partial charge >= 0.3 is 0 Å². The lowest BCUT2D eigenvalue weighted by atomic mass is 9.83. The molecule has 2 aromatic carbocycles. The lowest BCUT2D eigenvalue weighted by molar-refractivity contribution is -0.134. The number of benzene rings is 1. The normalized spacial score (nSPS) is 19.0. The summed E-state index contributed by atoms with van der Waals surface area (Å²) in [5.74, 6) is 2.05. The highest BCUT2D eigenvalue weighted by molar-refractivity contribution is 5.84. The molecule has 11 nitrogen and oxygen atoms in total. The Morgan fingerprint density at radius 2 is 1.73 bits per heavy atom. The number of carbonyl (C=O) groups is 2. The zero-order chi connectivity index (χ0) is 34.7. The molecule has 3 aromatic rings. The number of piperidine rings is 1. The van der Waals surface area contributed by atoms with Gasteiger partial charge in [-0.25, -0.2) is 0 Å². The maximum atomic E-state index is 13.6. The molecule has 2 aliphatic heterocycles. The minimum Gasteiger partial charge on any atom is -0.493 e. The molecular formula is C38H46N4O7. The van der Waals surface area contributed by atoms with E-state index in [-0.39, 0.29) is 34.8 Å². The van der Waals surface area contributed by atoms with Crippen molar-refractivity contribution in [2.75, 3.05) is 46.3 Å². The zero-order valence-electron chi connectivity index (χ0n) is 28.8. The second kappa shape index (κ2) is 14.8. The number of hydrogen-bond acceptors (Lipinski definition) is 8. The van der Waals surface area contributed by atoms with E-state index in [2.05, 4.69) is 10.6 Å². The van der Waals surface area contributed by atoms with Crippen LogP contribution in [0.2, 0.25) is 0 Å². The summed E-state index contributed by atoms with van der Waals surface area (Å²) in [6, 6.07) is 12.3. The van der Waals surface area contributed by atoms with Crippen LogP contribution < -0.4 is 35.8 Å². The molecule has 6 rings (SSSR count). The second-order valence-electron chi connectivity index (χ2n) is 13.3. The number of carbonyl (C=O) groups excluding carboxylic acids is 2. The molecule has 2 bridgehead atoms. The number of nitrogens with zero attached hydrogens (tertiary/aromatic N) is 2. The average Bonchev–Trinajstić information content (AvgIpc) is 3.33. The quantitative estimate of drug-likeness (QED) is 0.283. The molecule has 1 aliphatic carbocycles. The van der Waals surface area contributed by atoms with E-state index in [9.17, 15) is 19.2 Å². The van der Waals surface area contributed by atoms with Crippen molar-refractivity contribution in [1.82, 2.24) is 14.8 Å². The molecular weight excluding hydrogens is 624 g/mol. The average molecular weight is 671 g/mol. The lowest BCUT2D eigenvalue weighted by Crippen LogP contribution is -2.49. The fourth-order valence-electron chi connectivity index (χ4n) is 7.91. The van der Waals surface area contributed by atoms with Gasteiger partial charge in [-0.05, 0) is 79.0 Å². The molecule has 2 amide bonds. The molecule has 0 saturated carbocycles. The summed E-state index contributed by atoms with van der Waals surface area (Å²) in [5.41, 5.74) is 4.66. The Kier molecular flexibility index (Phi) is 10.3. The van der Waals surface area contributed by atoms with Crippen LogP contribution in [0.4, 0.5) is 5.69 Å². The van der Waals surface area contributed by atoms with Crippen molar-refractivity contribution in [3.63, 3.8) is 0 Å². The molecule has 3 unspecified atom stereocenters. The minimum atomic E-state index is -0.371. The summed E-state index contributed by atoms with van der Waals surface area (Å²) in [4.78, 5) is 53.2. The predicted octanol–water partition coefficient (Wildman–Crippen LogP) is 4.64. The number of likely N-dealkylation sites (tertiary alicyclic amines) is 1. The van der Waals surface area contributed by atoms with E-state index in [0.29, 0.717) is 79.9 Å². The largest absolute Gasteiger partial charge is 0.493 e. The predicted molar refractivity (Wildman–Crippen MR) is 188 cm³/mol. The van der Waals surface area contributed by atoms with Crippen LogP contribution >= 0.6 is 0 Å². The first-order valence-corrected chi connectivity index (χ1v) is 17.2.